The highest BCUT2D eigenvalue weighted by Gasteiger charge is 2.27. The number of para-hydroxylation sites is 2. The van der Waals surface area contributed by atoms with Gasteiger partial charge in [-0.1, -0.05) is 12.1 Å². The molecule has 108 valence electrons. The van der Waals surface area contributed by atoms with Crippen molar-refractivity contribution < 1.29 is 0 Å². The molecule has 1 aromatic carbocycles. The minimum atomic E-state index is -0.0820. The highest BCUT2D eigenvalue weighted by Crippen LogP contribution is 2.39. The first-order valence-corrected chi connectivity index (χ1v) is 8.74. The summed E-state index contributed by atoms with van der Waals surface area (Å²) < 4.78 is 2.37. The number of hydrogen-bond donors (Lipinski definition) is 0. The lowest BCUT2D eigenvalue weighted by Crippen LogP contribution is -2.18. The topological polar surface area (TPSA) is 17.8 Å². The van der Waals surface area contributed by atoms with Crippen LogP contribution in [0, 0.1) is 0 Å². The van der Waals surface area contributed by atoms with Gasteiger partial charge in [0.2, 0.25) is 0 Å². The molecule has 0 bridgehead atoms. The number of nitrogens with zero attached hydrogens (tertiary/aromatic N) is 2. The quantitative estimate of drug-likeness (QED) is 0.585. The second kappa shape index (κ2) is 5.15. The molecule has 2 atom stereocenters. The van der Waals surface area contributed by atoms with E-state index in [1.165, 1.54) is 35.2 Å². The van der Waals surface area contributed by atoms with Gasteiger partial charge in [0.1, 0.15) is 5.82 Å². The molecule has 4 rings (SSSR count). The Hall–Kier alpha value is -1.32. The standard InChI is InChI=1S/C17H17ClN2S/c1-11(18)17-19-13-5-2-3-6-15(13)20(17)14-7-4-8-16-12(14)9-10-21-16/h2-3,5-6,9-11,14H,4,7-8H2,1H3. The minimum absolute atomic E-state index is 0.0820. The van der Waals surface area contributed by atoms with Gasteiger partial charge >= 0.3 is 0 Å². The molecule has 0 spiro atoms. The van der Waals surface area contributed by atoms with Crippen LogP contribution in [0.4, 0.5) is 0 Å². The summed E-state index contributed by atoms with van der Waals surface area (Å²) in [6, 6.07) is 11.0. The minimum Gasteiger partial charge on any atom is -0.319 e. The fourth-order valence-electron chi connectivity index (χ4n) is 3.40. The summed E-state index contributed by atoms with van der Waals surface area (Å²) in [5.41, 5.74) is 3.71. The average Bonchev–Trinajstić information content (AvgIpc) is 3.11. The molecule has 0 radical (unpaired) electrons. The summed E-state index contributed by atoms with van der Waals surface area (Å²) in [4.78, 5) is 6.30. The van der Waals surface area contributed by atoms with E-state index >= 15 is 0 Å². The van der Waals surface area contributed by atoms with Crippen molar-refractivity contribution >= 4 is 34.0 Å². The molecule has 0 aliphatic heterocycles. The maximum atomic E-state index is 6.42. The van der Waals surface area contributed by atoms with Crippen LogP contribution in [-0.2, 0) is 6.42 Å². The van der Waals surface area contributed by atoms with Gasteiger partial charge in [-0.3, -0.25) is 0 Å². The van der Waals surface area contributed by atoms with Crippen LogP contribution in [-0.4, -0.2) is 9.55 Å². The zero-order chi connectivity index (χ0) is 14.4. The number of benzene rings is 1. The second-order valence-electron chi connectivity index (χ2n) is 5.65. The number of rotatable bonds is 2. The molecular formula is C17H17ClN2S. The van der Waals surface area contributed by atoms with Crippen molar-refractivity contribution in [2.75, 3.05) is 0 Å². The predicted molar refractivity (Wildman–Crippen MR) is 89.4 cm³/mol. The summed E-state index contributed by atoms with van der Waals surface area (Å²) in [6.45, 7) is 2.01. The summed E-state index contributed by atoms with van der Waals surface area (Å²) in [7, 11) is 0. The molecule has 21 heavy (non-hydrogen) atoms. The van der Waals surface area contributed by atoms with Gasteiger partial charge in [0.25, 0.3) is 0 Å². The van der Waals surface area contributed by atoms with Crippen LogP contribution in [0.25, 0.3) is 11.0 Å². The maximum absolute atomic E-state index is 6.42. The average molecular weight is 317 g/mol. The molecule has 0 fully saturated rings. The smallest absolute Gasteiger partial charge is 0.128 e. The molecule has 4 heteroatoms. The SMILES string of the molecule is CC(Cl)c1nc2ccccc2n1C1CCCc2sccc21. The van der Waals surface area contributed by atoms with Crippen LogP contribution in [0.2, 0.25) is 0 Å². The fourth-order valence-corrected chi connectivity index (χ4v) is 4.54. The van der Waals surface area contributed by atoms with E-state index in [0.29, 0.717) is 6.04 Å². The summed E-state index contributed by atoms with van der Waals surface area (Å²) in [6.07, 6.45) is 3.61. The number of thiophene rings is 1. The lowest BCUT2D eigenvalue weighted by atomic mass is 9.93. The third-order valence-corrected chi connectivity index (χ3v) is 5.50. The molecule has 1 aliphatic carbocycles. The third kappa shape index (κ3) is 2.11. The molecule has 0 N–H and O–H groups in total. The van der Waals surface area contributed by atoms with Gasteiger partial charge in [0, 0.05) is 4.88 Å². The molecule has 0 amide bonds. The summed E-state index contributed by atoms with van der Waals surface area (Å²) in [5.74, 6) is 0.988. The molecule has 2 nitrogen and oxygen atoms in total. The summed E-state index contributed by atoms with van der Waals surface area (Å²) in [5, 5.41) is 2.13. The Labute approximate surface area is 133 Å². The van der Waals surface area contributed by atoms with Crippen LogP contribution >= 0.6 is 22.9 Å². The number of halogens is 1. The Balaban J connectivity index is 1.97. The van der Waals surface area contributed by atoms with Crippen LogP contribution in [0.3, 0.4) is 0 Å². The van der Waals surface area contributed by atoms with E-state index in [-0.39, 0.29) is 5.38 Å². The van der Waals surface area contributed by atoms with E-state index in [1.807, 2.05) is 24.3 Å². The van der Waals surface area contributed by atoms with Gasteiger partial charge < -0.3 is 4.57 Å². The van der Waals surface area contributed by atoms with Crippen LogP contribution in [0.1, 0.15) is 47.4 Å². The predicted octanol–water partition coefficient (Wildman–Crippen LogP) is 5.32. The number of fused-ring (bicyclic) bond motifs is 2. The van der Waals surface area contributed by atoms with Gasteiger partial charge in [-0.15, -0.1) is 22.9 Å². The van der Waals surface area contributed by atoms with E-state index in [1.54, 1.807) is 0 Å². The van der Waals surface area contributed by atoms with E-state index in [4.69, 9.17) is 16.6 Å². The third-order valence-electron chi connectivity index (χ3n) is 4.31. The Morgan fingerprint density at radius 1 is 1.33 bits per heavy atom. The summed E-state index contributed by atoms with van der Waals surface area (Å²) >= 11 is 8.30. The molecule has 1 aliphatic rings. The Bertz CT molecular complexity index is 787. The highest BCUT2D eigenvalue weighted by molar-refractivity contribution is 7.10. The van der Waals surface area contributed by atoms with Crippen LogP contribution in [0.15, 0.2) is 35.7 Å². The van der Waals surface area contributed by atoms with Crippen molar-refractivity contribution in [2.45, 2.75) is 37.6 Å². The number of alkyl halides is 1. The highest BCUT2D eigenvalue weighted by atomic mass is 35.5. The molecule has 0 saturated carbocycles. The zero-order valence-corrected chi connectivity index (χ0v) is 13.5. The first-order valence-electron chi connectivity index (χ1n) is 7.43. The largest absolute Gasteiger partial charge is 0.319 e. The van der Waals surface area contributed by atoms with Gasteiger partial charge in [0.05, 0.1) is 22.5 Å². The molecule has 0 saturated heterocycles. The number of aryl methyl sites for hydroxylation is 1. The molecule has 3 aromatic rings. The normalized spacial score (nSPS) is 19.6. The fraction of sp³-hybridized carbons (Fsp3) is 0.353. The van der Waals surface area contributed by atoms with Gasteiger partial charge in [-0.25, -0.2) is 4.98 Å². The van der Waals surface area contributed by atoms with Crippen molar-refractivity contribution in [1.82, 2.24) is 9.55 Å². The van der Waals surface area contributed by atoms with Gasteiger partial charge in [-0.2, -0.15) is 0 Å². The van der Waals surface area contributed by atoms with Crippen LogP contribution < -0.4 is 0 Å². The first-order chi connectivity index (χ1) is 10.3. The van der Waals surface area contributed by atoms with E-state index in [2.05, 4.69) is 34.2 Å². The van der Waals surface area contributed by atoms with Crippen molar-refractivity contribution in [1.29, 1.82) is 0 Å². The Kier molecular flexibility index (Phi) is 3.27. The van der Waals surface area contributed by atoms with E-state index < -0.39 is 0 Å². The van der Waals surface area contributed by atoms with Crippen LogP contribution in [0.5, 0.6) is 0 Å². The number of imidazole rings is 1. The molecule has 2 unspecified atom stereocenters. The monoisotopic (exact) mass is 316 g/mol. The lowest BCUT2D eigenvalue weighted by molar-refractivity contribution is 0.489. The first kappa shape index (κ1) is 13.4. The van der Waals surface area contributed by atoms with Gasteiger partial charge in [-0.05, 0) is 55.3 Å². The lowest BCUT2D eigenvalue weighted by Gasteiger charge is -2.26. The number of aromatic nitrogens is 2. The second-order valence-corrected chi connectivity index (χ2v) is 7.31. The van der Waals surface area contributed by atoms with Crippen molar-refractivity contribution in [3.63, 3.8) is 0 Å². The Morgan fingerprint density at radius 2 is 2.19 bits per heavy atom. The molecule has 2 aromatic heterocycles. The van der Waals surface area contributed by atoms with Crippen molar-refractivity contribution in [3.8, 4) is 0 Å². The molecule has 2 heterocycles. The number of hydrogen-bond acceptors (Lipinski definition) is 2. The van der Waals surface area contributed by atoms with Gasteiger partial charge in [0.15, 0.2) is 0 Å². The maximum Gasteiger partial charge on any atom is 0.128 e. The van der Waals surface area contributed by atoms with E-state index in [9.17, 15) is 0 Å². The van der Waals surface area contributed by atoms with Crippen molar-refractivity contribution in [2.24, 2.45) is 0 Å². The van der Waals surface area contributed by atoms with E-state index in [0.717, 1.165) is 11.3 Å². The zero-order valence-electron chi connectivity index (χ0n) is 11.9. The molecular weight excluding hydrogens is 300 g/mol. The van der Waals surface area contributed by atoms with Crippen molar-refractivity contribution in [3.05, 3.63) is 52.0 Å². The Morgan fingerprint density at radius 3 is 3.05 bits per heavy atom.